The fourth-order valence-electron chi connectivity index (χ4n) is 3.48. The minimum absolute atomic E-state index is 0.00569. The molecule has 0 aromatic carbocycles. The van der Waals surface area contributed by atoms with Crippen LogP contribution in [0.15, 0.2) is 0 Å². The lowest BCUT2D eigenvalue weighted by Crippen LogP contribution is -2.39. The Kier molecular flexibility index (Phi) is 3.30. The number of hydrogen-bond acceptors (Lipinski definition) is 3. The molecule has 20 heavy (non-hydrogen) atoms. The molecule has 5 nitrogen and oxygen atoms in total. The second-order valence-electron chi connectivity index (χ2n) is 7.16. The first-order valence-corrected chi connectivity index (χ1v) is 7.70. The number of likely N-dealkylation sites (tertiary alicyclic amines) is 1. The molecular weight excluding hydrogens is 252 g/mol. The van der Waals surface area contributed by atoms with Crippen molar-refractivity contribution in [3.8, 4) is 0 Å². The first-order chi connectivity index (χ1) is 9.47. The summed E-state index contributed by atoms with van der Waals surface area (Å²) in [6, 6.07) is 0.424. The summed E-state index contributed by atoms with van der Waals surface area (Å²) in [5.74, 6) is 1.82. The number of nitrogens with zero attached hydrogens (tertiary/aromatic N) is 3. The molecule has 2 unspecified atom stereocenters. The summed E-state index contributed by atoms with van der Waals surface area (Å²) in [4.78, 5) is 19.0. The van der Waals surface area contributed by atoms with Crippen LogP contribution >= 0.6 is 0 Å². The summed E-state index contributed by atoms with van der Waals surface area (Å²) < 4.78 is 0. The highest BCUT2D eigenvalue weighted by Gasteiger charge is 2.39. The fourth-order valence-corrected chi connectivity index (χ4v) is 3.48. The molecule has 1 aromatic rings. The smallest absolute Gasteiger partial charge is 0.293 e. The first-order valence-electron chi connectivity index (χ1n) is 7.70. The Morgan fingerprint density at radius 3 is 2.70 bits per heavy atom. The Balaban J connectivity index is 1.77. The van der Waals surface area contributed by atoms with Crippen molar-refractivity contribution in [3.05, 3.63) is 11.6 Å². The van der Waals surface area contributed by atoms with Gasteiger partial charge in [-0.25, -0.2) is 4.98 Å². The number of hydrogen-bond donors (Lipinski definition) is 1. The van der Waals surface area contributed by atoms with Crippen LogP contribution in [-0.4, -0.2) is 38.6 Å². The van der Waals surface area contributed by atoms with Gasteiger partial charge in [-0.2, -0.15) is 0 Å². The lowest BCUT2D eigenvalue weighted by molar-refractivity contribution is 0.0678. The predicted molar refractivity (Wildman–Crippen MR) is 76.5 cm³/mol. The van der Waals surface area contributed by atoms with Crippen LogP contribution in [0.25, 0.3) is 0 Å². The average molecular weight is 276 g/mol. The zero-order valence-corrected chi connectivity index (χ0v) is 12.6. The van der Waals surface area contributed by atoms with Gasteiger partial charge in [0.2, 0.25) is 5.82 Å². The van der Waals surface area contributed by atoms with Crippen LogP contribution in [0.2, 0.25) is 0 Å². The number of H-pyrrole nitrogens is 1. The van der Waals surface area contributed by atoms with Crippen molar-refractivity contribution < 1.29 is 4.79 Å². The van der Waals surface area contributed by atoms with Crippen molar-refractivity contribution in [3.63, 3.8) is 0 Å². The van der Waals surface area contributed by atoms with Crippen LogP contribution < -0.4 is 0 Å². The molecule has 1 N–H and O–H groups in total. The lowest BCUT2D eigenvalue weighted by atomic mass is 9.85. The molecule has 0 radical (unpaired) electrons. The van der Waals surface area contributed by atoms with Gasteiger partial charge in [-0.05, 0) is 25.2 Å². The number of rotatable bonds is 1. The molecule has 2 atom stereocenters. The maximum atomic E-state index is 12.6. The van der Waals surface area contributed by atoms with Crippen molar-refractivity contribution in [2.75, 3.05) is 6.54 Å². The Bertz CT molecular complexity index is 502. The standard InChI is InChI=1S/C15H24N4O/c1-15(2,3)14-16-12(17-18-14)13(20)19-9-8-10-6-4-5-7-11(10)19/h10-11H,4-9H2,1-3H3,(H,16,17,18). The van der Waals surface area contributed by atoms with Gasteiger partial charge in [-0.15, -0.1) is 5.10 Å². The van der Waals surface area contributed by atoms with E-state index in [1.807, 2.05) is 4.90 Å². The highest BCUT2D eigenvalue weighted by atomic mass is 16.2. The van der Waals surface area contributed by atoms with Crippen molar-refractivity contribution in [1.29, 1.82) is 0 Å². The molecular formula is C15H24N4O. The predicted octanol–water partition coefficient (Wildman–Crippen LogP) is 2.51. The van der Waals surface area contributed by atoms with Gasteiger partial charge < -0.3 is 4.90 Å². The van der Waals surface area contributed by atoms with Gasteiger partial charge in [0.15, 0.2) is 0 Å². The van der Waals surface area contributed by atoms with Crippen LogP contribution in [-0.2, 0) is 5.41 Å². The second kappa shape index (κ2) is 4.86. The Hall–Kier alpha value is -1.39. The summed E-state index contributed by atoms with van der Waals surface area (Å²) in [6.45, 7) is 7.06. The average Bonchev–Trinajstić information content (AvgIpc) is 3.04. The molecule has 1 aliphatic heterocycles. The van der Waals surface area contributed by atoms with Gasteiger partial charge in [-0.3, -0.25) is 9.89 Å². The van der Waals surface area contributed by atoms with E-state index in [4.69, 9.17) is 0 Å². The minimum Gasteiger partial charge on any atom is -0.333 e. The molecule has 1 aromatic heterocycles. The highest BCUT2D eigenvalue weighted by molar-refractivity contribution is 5.90. The zero-order chi connectivity index (χ0) is 14.3. The third kappa shape index (κ3) is 2.34. The van der Waals surface area contributed by atoms with Crippen LogP contribution in [0.1, 0.15) is 69.3 Å². The maximum Gasteiger partial charge on any atom is 0.293 e. The number of aromatic amines is 1. The van der Waals surface area contributed by atoms with Crippen LogP contribution in [0.5, 0.6) is 0 Å². The van der Waals surface area contributed by atoms with E-state index in [9.17, 15) is 4.79 Å². The third-order valence-corrected chi connectivity index (χ3v) is 4.66. The molecule has 2 aliphatic rings. The number of aromatic nitrogens is 3. The zero-order valence-electron chi connectivity index (χ0n) is 12.6. The molecule has 5 heteroatoms. The van der Waals surface area contributed by atoms with E-state index in [1.54, 1.807) is 0 Å². The van der Waals surface area contributed by atoms with E-state index in [-0.39, 0.29) is 11.3 Å². The largest absolute Gasteiger partial charge is 0.333 e. The molecule has 2 heterocycles. The lowest BCUT2D eigenvalue weighted by Gasteiger charge is -2.30. The summed E-state index contributed by atoms with van der Waals surface area (Å²) in [7, 11) is 0. The normalized spacial score (nSPS) is 26.6. The SMILES string of the molecule is CC(C)(C)c1nc(C(=O)N2CCC3CCCCC32)n[nH]1. The van der Waals surface area contributed by atoms with E-state index < -0.39 is 0 Å². The molecule has 3 rings (SSSR count). The van der Waals surface area contributed by atoms with Crippen molar-refractivity contribution in [2.45, 2.75) is 64.3 Å². The Morgan fingerprint density at radius 1 is 1.25 bits per heavy atom. The second-order valence-corrected chi connectivity index (χ2v) is 7.16. The molecule has 1 saturated carbocycles. The van der Waals surface area contributed by atoms with Gasteiger partial charge in [0.05, 0.1) is 0 Å². The molecule has 0 spiro atoms. The van der Waals surface area contributed by atoms with E-state index in [0.29, 0.717) is 17.8 Å². The number of carbonyl (C=O) groups excluding carboxylic acids is 1. The number of carbonyl (C=O) groups is 1. The number of nitrogens with one attached hydrogen (secondary N) is 1. The van der Waals surface area contributed by atoms with Gasteiger partial charge in [0.1, 0.15) is 5.82 Å². The van der Waals surface area contributed by atoms with Gasteiger partial charge >= 0.3 is 0 Å². The molecule has 0 bridgehead atoms. The molecule has 110 valence electrons. The van der Waals surface area contributed by atoms with E-state index in [0.717, 1.165) is 25.2 Å². The quantitative estimate of drug-likeness (QED) is 0.857. The van der Waals surface area contributed by atoms with Gasteiger partial charge in [0, 0.05) is 18.0 Å². The maximum absolute atomic E-state index is 12.6. The number of fused-ring (bicyclic) bond motifs is 1. The van der Waals surface area contributed by atoms with Crippen LogP contribution in [0, 0.1) is 5.92 Å². The minimum atomic E-state index is -0.107. The van der Waals surface area contributed by atoms with Gasteiger partial charge in [0.25, 0.3) is 5.91 Å². The summed E-state index contributed by atoms with van der Waals surface area (Å²) >= 11 is 0. The van der Waals surface area contributed by atoms with E-state index in [2.05, 4.69) is 36.0 Å². The first kappa shape index (κ1) is 13.6. The topological polar surface area (TPSA) is 61.9 Å². The summed E-state index contributed by atoms with van der Waals surface area (Å²) in [6.07, 6.45) is 6.12. The fraction of sp³-hybridized carbons (Fsp3) is 0.800. The van der Waals surface area contributed by atoms with Crippen molar-refractivity contribution >= 4 is 5.91 Å². The van der Waals surface area contributed by atoms with E-state index >= 15 is 0 Å². The molecule has 1 aliphatic carbocycles. The van der Waals surface area contributed by atoms with Crippen molar-refractivity contribution in [2.24, 2.45) is 5.92 Å². The molecule has 1 amide bonds. The Labute approximate surface area is 120 Å². The van der Waals surface area contributed by atoms with Gasteiger partial charge in [-0.1, -0.05) is 33.6 Å². The molecule has 2 fully saturated rings. The Morgan fingerprint density at radius 2 is 2.00 bits per heavy atom. The molecule has 1 saturated heterocycles. The monoisotopic (exact) mass is 276 g/mol. The summed E-state index contributed by atoms with van der Waals surface area (Å²) in [5.41, 5.74) is -0.107. The van der Waals surface area contributed by atoms with Crippen molar-refractivity contribution in [1.82, 2.24) is 20.1 Å². The third-order valence-electron chi connectivity index (χ3n) is 4.66. The number of amides is 1. The highest BCUT2D eigenvalue weighted by Crippen LogP contribution is 2.36. The van der Waals surface area contributed by atoms with Crippen LogP contribution in [0.4, 0.5) is 0 Å². The van der Waals surface area contributed by atoms with Crippen LogP contribution in [0.3, 0.4) is 0 Å². The summed E-state index contributed by atoms with van der Waals surface area (Å²) in [5, 5.41) is 7.05. The van der Waals surface area contributed by atoms with E-state index in [1.165, 1.54) is 19.3 Å².